The van der Waals surface area contributed by atoms with Crippen LogP contribution in [0.3, 0.4) is 0 Å². The van der Waals surface area contributed by atoms with Crippen LogP contribution in [0, 0.1) is 0 Å². The van der Waals surface area contributed by atoms with E-state index in [4.69, 9.17) is 9.84 Å². The van der Waals surface area contributed by atoms with Gasteiger partial charge in [-0.15, -0.1) is 0 Å². The molecule has 4 heteroatoms. The molecule has 0 fully saturated rings. The van der Waals surface area contributed by atoms with Crippen molar-refractivity contribution in [2.75, 3.05) is 0 Å². The Hall–Kier alpha value is -1.32. The molecule has 0 saturated heterocycles. The molecule has 0 aromatic rings. The summed E-state index contributed by atoms with van der Waals surface area (Å²) < 4.78 is 5.53. The van der Waals surface area contributed by atoms with Crippen LogP contribution in [0.2, 0.25) is 0 Å². The lowest BCUT2D eigenvalue weighted by Crippen LogP contribution is -2.21. The first-order valence-electron chi connectivity index (χ1n) is 17.7. The predicted molar refractivity (Wildman–Crippen MR) is 172 cm³/mol. The summed E-state index contributed by atoms with van der Waals surface area (Å²) >= 11 is 0. The SMILES string of the molecule is CCCCCCCC/C=C\CCCCCCCCCCCCCC(=O)OC(CCCCCCCCC)CC(=O)O. The van der Waals surface area contributed by atoms with Crippen molar-refractivity contribution in [1.82, 2.24) is 0 Å². The topological polar surface area (TPSA) is 63.6 Å². The second-order valence-corrected chi connectivity index (χ2v) is 12.1. The Labute approximate surface area is 249 Å². The molecule has 1 N–H and O–H groups in total. The van der Waals surface area contributed by atoms with Crippen molar-refractivity contribution in [1.29, 1.82) is 0 Å². The molecular weight excluding hydrogens is 496 g/mol. The lowest BCUT2D eigenvalue weighted by molar-refractivity contribution is -0.153. The van der Waals surface area contributed by atoms with Crippen LogP contribution in [0.4, 0.5) is 0 Å². The van der Waals surface area contributed by atoms with Gasteiger partial charge in [0, 0.05) is 6.42 Å². The Bertz CT molecular complexity index is 571. The van der Waals surface area contributed by atoms with Gasteiger partial charge in [-0.2, -0.15) is 0 Å². The fourth-order valence-corrected chi connectivity index (χ4v) is 5.37. The largest absolute Gasteiger partial charge is 0.481 e. The predicted octanol–water partition coefficient (Wildman–Crippen LogP) is 11.9. The lowest BCUT2D eigenvalue weighted by Gasteiger charge is -2.16. The fraction of sp³-hybridized carbons (Fsp3) is 0.889. The number of hydrogen-bond donors (Lipinski definition) is 1. The highest BCUT2D eigenvalue weighted by Crippen LogP contribution is 2.16. The molecule has 0 spiro atoms. The molecule has 40 heavy (non-hydrogen) atoms. The number of hydrogen-bond acceptors (Lipinski definition) is 3. The zero-order valence-electron chi connectivity index (χ0n) is 26.9. The third-order valence-corrected chi connectivity index (χ3v) is 7.97. The van der Waals surface area contributed by atoms with Crippen LogP contribution in [-0.4, -0.2) is 23.1 Å². The maximum atomic E-state index is 12.2. The fourth-order valence-electron chi connectivity index (χ4n) is 5.37. The second kappa shape index (κ2) is 32.2. The van der Waals surface area contributed by atoms with Crippen LogP contribution in [0.25, 0.3) is 0 Å². The molecule has 0 bridgehead atoms. The summed E-state index contributed by atoms with van der Waals surface area (Å²) in [6.07, 6.45) is 38.2. The summed E-state index contributed by atoms with van der Waals surface area (Å²) in [7, 11) is 0. The maximum Gasteiger partial charge on any atom is 0.307 e. The Kier molecular flexibility index (Phi) is 31.1. The number of carboxylic acid groups (broad SMARTS) is 1. The summed E-state index contributed by atoms with van der Waals surface area (Å²) in [6, 6.07) is 0. The molecule has 0 aromatic carbocycles. The van der Waals surface area contributed by atoms with Gasteiger partial charge in [0.15, 0.2) is 0 Å². The minimum absolute atomic E-state index is 0.0715. The molecule has 0 amide bonds. The summed E-state index contributed by atoms with van der Waals surface area (Å²) in [6.45, 7) is 4.49. The van der Waals surface area contributed by atoms with Crippen molar-refractivity contribution in [2.24, 2.45) is 0 Å². The van der Waals surface area contributed by atoms with Crippen molar-refractivity contribution in [2.45, 2.75) is 206 Å². The third kappa shape index (κ3) is 31.2. The van der Waals surface area contributed by atoms with Gasteiger partial charge in [0.2, 0.25) is 0 Å². The number of rotatable bonds is 32. The Morgan fingerprint density at radius 1 is 0.550 bits per heavy atom. The monoisotopic (exact) mass is 565 g/mol. The van der Waals surface area contributed by atoms with E-state index >= 15 is 0 Å². The standard InChI is InChI=1S/C36H68O4/c1-3-5-7-9-11-12-13-14-15-16-17-18-19-20-21-22-23-24-26-28-30-32-36(39)40-34(33-35(37)38)31-29-27-25-10-8-6-4-2/h14-15,34H,3-13,16-33H2,1-2H3,(H,37,38)/b15-14-. The molecule has 0 radical (unpaired) electrons. The summed E-state index contributed by atoms with van der Waals surface area (Å²) in [5.41, 5.74) is 0. The van der Waals surface area contributed by atoms with Crippen LogP contribution >= 0.6 is 0 Å². The zero-order chi connectivity index (χ0) is 29.4. The average Bonchev–Trinajstić information content (AvgIpc) is 2.93. The Morgan fingerprint density at radius 3 is 1.35 bits per heavy atom. The number of carboxylic acids is 1. The number of allylic oxidation sites excluding steroid dienone is 2. The van der Waals surface area contributed by atoms with Crippen LogP contribution in [0.5, 0.6) is 0 Å². The van der Waals surface area contributed by atoms with Gasteiger partial charge < -0.3 is 9.84 Å². The van der Waals surface area contributed by atoms with Gasteiger partial charge in [-0.25, -0.2) is 0 Å². The van der Waals surface area contributed by atoms with Crippen molar-refractivity contribution in [3.8, 4) is 0 Å². The molecule has 0 aliphatic rings. The first kappa shape index (κ1) is 38.7. The smallest absolute Gasteiger partial charge is 0.307 e. The molecule has 1 unspecified atom stereocenters. The quantitative estimate of drug-likeness (QED) is 0.0501. The molecule has 0 rings (SSSR count). The van der Waals surface area contributed by atoms with E-state index in [-0.39, 0.29) is 12.4 Å². The Balaban J connectivity index is 3.52. The zero-order valence-corrected chi connectivity index (χ0v) is 26.9. The van der Waals surface area contributed by atoms with E-state index in [2.05, 4.69) is 26.0 Å². The van der Waals surface area contributed by atoms with E-state index in [0.29, 0.717) is 12.8 Å². The van der Waals surface area contributed by atoms with Gasteiger partial charge in [0.25, 0.3) is 0 Å². The van der Waals surface area contributed by atoms with Gasteiger partial charge in [-0.05, 0) is 44.9 Å². The van der Waals surface area contributed by atoms with E-state index < -0.39 is 12.1 Å². The second-order valence-electron chi connectivity index (χ2n) is 12.1. The van der Waals surface area contributed by atoms with Gasteiger partial charge in [-0.3, -0.25) is 9.59 Å². The summed E-state index contributed by atoms with van der Waals surface area (Å²) in [5.74, 6) is -1.10. The van der Waals surface area contributed by atoms with Crippen LogP contribution in [0.15, 0.2) is 12.2 Å². The summed E-state index contributed by atoms with van der Waals surface area (Å²) in [4.78, 5) is 23.4. The highest BCUT2D eigenvalue weighted by Gasteiger charge is 2.17. The highest BCUT2D eigenvalue weighted by atomic mass is 16.5. The third-order valence-electron chi connectivity index (χ3n) is 7.97. The van der Waals surface area contributed by atoms with Gasteiger partial charge in [0.1, 0.15) is 6.10 Å². The average molecular weight is 565 g/mol. The number of unbranched alkanes of at least 4 members (excludes halogenated alkanes) is 23. The molecule has 0 heterocycles. The van der Waals surface area contributed by atoms with Crippen molar-refractivity contribution in [3.05, 3.63) is 12.2 Å². The number of carbonyl (C=O) groups is 2. The van der Waals surface area contributed by atoms with E-state index in [1.807, 2.05) is 0 Å². The number of aliphatic carboxylic acids is 1. The highest BCUT2D eigenvalue weighted by molar-refractivity contribution is 5.71. The normalized spacial score (nSPS) is 12.2. The van der Waals surface area contributed by atoms with Crippen molar-refractivity contribution < 1.29 is 19.4 Å². The van der Waals surface area contributed by atoms with E-state index in [1.165, 1.54) is 141 Å². The Morgan fingerprint density at radius 2 is 0.925 bits per heavy atom. The first-order chi connectivity index (χ1) is 19.6. The molecule has 0 aliphatic heterocycles. The summed E-state index contributed by atoms with van der Waals surface area (Å²) in [5, 5.41) is 9.16. The molecular formula is C36H68O4. The van der Waals surface area contributed by atoms with Crippen molar-refractivity contribution >= 4 is 11.9 Å². The van der Waals surface area contributed by atoms with E-state index in [9.17, 15) is 9.59 Å². The van der Waals surface area contributed by atoms with Crippen LogP contribution < -0.4 is 0 Å². The number of esters is 1. The van der Waals surface area contributed by atoms with Crippen LogP contribution in [-0.2, 0) is 14.3 Å². The molecule has 1 atom stereocenters. The molecule has 4 nitrogen and oxygen atoms in total. The first-order valence-corrected chi connectivity index (χ1v) is 17.7. The number of ether oxygens (including phenoxy) is 1. The molecule has 0 aliphatic carbocycles. The minimum atomic E-state index is -0.882. The van der Waals surface area contributed by atoms with Gasteiger partial charge >= 0.3 is 11.9 Å². The van der Waals surface area contributed by atoms with E-state index in [0.717, 1.165) is 25.7 Å². The molecule has 236 valence electrons. The number of carbonyl (C=O) groups excluding carboxylic acids is 1. The van der Waals surface area contributed by atoms with Crippen LogP contribution in [0.1, 0.15) is 200 Å². The minimum Gasteiger partial charge on any atom is -0.481 e. The van der Waals surface area contributed by atoms with Gasteiger partial charge in [-0.1, -0.05) is 154 Å². The lowest BCUT2D eigenvalue weighted by atomic mass is 10.0. The van der Waals surface area contributed by atoms with E-state index in [1.54, 1.807) is 0 Å². The molecule has 0 aromatic heterocycles. The van der Waals surface area contributed by atoms with Crippen molar-refractivity contribution in [3.63, 3.8) is 0 Å². The maximum absolute atomic E-state index is 12.2. The van der Waals surface area contributed by atoms with Gasteiger partial charge in [0.05, 0.1) is 6.42 Å². The molecule has 0 saturated carbocycles.